The van der Waals surface area contributed by atoms with Crippen molar-refractivity contribution in [2.75, 3.05) is 0 Å². The molecular formula is C12H12FI2N. The van der Waals surface area contributed by atoms with Crippen molar-refractivity contribution in [3.63, 3.8) is 0 Å². The predicted octanol–water partition coefficient (Wildman–Crippen LogP) is 4.55. The number of aryl methyl sites for hydroxylation is 1. The Balaban J connectivity index is 2.41. The summed E-state index contributed by atoms with van der Waals surface area (Å²) >= 11 is 0.102. The molecule has 0 saturated carbocycles. The summed E-state index contributed by atoms with van der Waals surface area (Å²) in [6, 6.07) is 5.40. The van der Waals surface area contributed by atoms with E-state index in [1.54, 1.807) is 6.07 Å². The minimum atomic E-state index is -2.23. The van der Waals surface area contributed by atoms with E-state index < -0.39 is 14.3 Å². The predicted molar refractivity (Wildman–Crippen MR) is 87.4 cm³/mol. The van der Waals surface area contributed by atoms with Gasteiger partial charge in [-0.1, -0.05) is 0 Å². The molecule has 1 aromatic rings. The first-order chi connectivity index (χ1) is 7.52. The first-order valence-corrected chi connectivity index (χ1v) is 14.9. The molecule has 1 unspecified atom stereocenters. The molecule has 1 atom stereocenters. The SMILES string of the molecule is C=I1(I)C=C(c2ccc(CC)c(F)c2)C=N1. The van der Waals surface area contributed by atoms with Gasteiger partial charge in [-0.3, -0.25) is 0 Å². The Bertz CT molecular complexity index is 532. The van der Waals surface area contributed by atoms with Crippen LogP contribution in [0.15, 0.2) is 25.5 Å². The van der Waals surface area contributed by atoms with Gasteiger partial charge in [0.2, 0.25) is 0 Å². The molecule has 1 aliphatic heterocycles. The molecule has 1 aliphatic rings. The average molecular weight is 443 g/mol. The van der Waals surface area contributed by atoms with Gasteiger partial charge in [0.25, 0.3) is 0 Å². The van der Waals surface area contributed by atoms with E-state index in [0.29, 0.717) is 0 Å². The zero-order chi connectivity index (χ0) is 11.8. The van der Waals surface area contributed by atoms with Gasteiger partial charge in [-0.25, -0.2) is 0 Å². The molecule has 4 heteroatoms. The molecule has 1 heterocycles. The molecule has 0 bridgehead atoms. The molecule has 0 spiro atoms. The van der Waals surface area contributed by atoms with Crippen molar-refractivity contribution in [1.29, 1.82) is 0 Å². The normalized spacial score (nSPS) is 27.6. The van der Waals surface area contributed by atoms with E-state index in [9.17, 15) is 4.39 Å². The third kappa shape index (κ3) is 2.58. The second kappa shape index (κ2) is 4.64. The van der Waals surface area contributed by atoms with Crippen LogP contribution in [0.3, 0.4) is 0 Å². The Kier molecular flexibility index (Phi) is 3.58. The number of nitrogens with zero attached hydrogens (tertiary/aromatic N) is 1. The van der Waals surface area contributed by atoms with E-state index in [4.69, 9.17) is 0 Å². The van der Waals surface area contributed by atoms with Crippen LogP contribution in [0.2, 0.25) is 0 Å². The van der Waals surface area contributed by atoms with E-state index in [1.165, 1.54) is 0 Å². The zero-order valence-corrected chi connectivity index (χ0v) is 13.2. The Hall–Kier alpha value is -0.110. The van der Waals surface area contributed by atoms with E-state index in [-0.39, 0.29) is 5.82 Å². The Labute approximate surface area is 108 Å². The molecule has 16 heavy (non-hydrogen) atoms. The topological polar surface area (TPSA) is 12.4 Å². The Morgan fingerprint density at radius 1 is 1.50 bits per heavy atom. The number of hydrogen-bond acceptors (Lipinski definition) is 1. The van der Waals surface area contributed by atoms with E-state index in [0.717, 1.165) is 23.1 Å². The third-order valence-electron chi connectivity index (χ3n) is 2.40. The third-order valence-corrected chi connectivity index (χ3v) is 8.22. The van der Waals surface area contributed by atoms with Crippen LogP contribution in [0.25, 0.3) is 5.57 Å². The summed E-state index contributed by atoms with van der Waals surface area (Å²) in [6.45, 7) is 1.95. The van der Waals surface area contributed by atoms with Crippen molar-refractivity contribution in [2.24, 2.45) is 3.21 Å². The molecule has 2 rings (SSSR count). The van der Waals surface area contributed by atoms with Crippen LogP contribution in [-0.4, -0.2) is 10.7 Å². The fourth-order valence-corrected chi connectivity index (χ4v) is 6.40. The summed E-state index contributed by atoms with van der Waals surface area (Å²) in [5.74, 6) is -0.129. The maximum absolute atomic E-state index is 13.6. The summed E-state index contributed by atoms with van der Waals surface area (Å²) in [7, 11) is 0. The summed E-state index contributed by atoms with van der Waals surface area (Å²) in [4.78, 5) is 0. The Morgan fingerprint density at radius 2 is 2.25 bits per heavy atom. The van der Waals surface area contributed by atoms with E-state index in [2.05, 4.69) is 30.4 Å². The molecule has 1 aromatic carbocycles. The van der Waals surface area contributed by atoms with Gasteiger partial charge in [0.1, 0.15) is 0 Å². The fourth-order valence-electron chi connectivity index (χ4n) is 1.52. The number of allylic oxidation sites excluding steroid dienone is 1. The van der Waals surface area contributed by atoms with Crippen LogP contribution >= 0.6 is 32.9 Å². The van der Waals surface area contributed by atoms with Crippen LogP contribution in [0.5, 0.6) is 0 Å². The average Bonchev–Trinajstić information content (AvgIpc) is 2.59. The van der Waals surface area contributed by atoms with Crippen LogP contribution in [0, 0.1) is 5.82 Å². The van der Waals surface area contributed by atoms with Gasteiger partial charge < -0.3 is 0 Å². The van der Waals surface area contributed by atoms with Crippen LogP contribution in [-0.2, 0) is 6.42 Å². The number of hydrogen-bond donors (Lipinski definition) is 0. The van der Waals surface area contributed by atoms with Gasteiger partial charge in [-0.2, -0.15) is 0 Å². The molecule has 0 amide bonds. The standard InChI is InChI=1S/C12H12FI2N/c1-3-9-4-5-10(6-12(9)13)11-7-15(2,14)16-8-11/h4-8H,2-3H2,1H3. The second-order valence-corrected chi connectivity index (χ2v) is 17.8. The molecule has 0 N–H and O–H groups in total. The summed E-state index contributed by atoms with van der Waals surface area (Å²) in [5.41, 5.74) is 2.68. The van der Waals surface area contributed by atoms with Crippen LogP contribution in [0.4, 0.5) is 4.39 Å². The molecule has 0 aromatic heterocycles. The van der Waals surface area contributed by atoms with Crippen molar-refractivity contribution < 1.29 is 4.39 Å². The minimum absolute atomic E-state index is 0.129. The van der Waals surface area contributed by atoms with E-state index >= 15 is 0 Å². The second-order valence-electron chi connectivity index (χ2n) is 3.57. The van der Waals surface area contributed by atoms with Crippen molar-refractivity contribution >= 4 is 49.2 Å². The Morgan fingerprint density at radius 3 is 2.75 bits per heavy atom. The molecular weight excluding hydrogens is 431 g/mol. The number of benzene rings is 1. The molecule has 0 aliphatic carbocycles. The van der Waals surface area contributed by atoms with Crippen LogP contribution in [0.1, 0.15) is 18.1 Å². The first-order valence-electron chi connectivity index (χ1n) is 4.87. The quantitative estimate of drug-likeness (QED) is 0.596. The van der Waals surface area contributed by atoms with Gasteiger partial charge in [0.15, 0.2) is 0 Å². The van der Waals surface area contributed by atoms with E-state index in [1.807, 2.05) is 25.3 Å². The molecule has 0 saturated heterocycles. The first kappa shape index (κ1) is 12.3. The number of rotatable bonds is 2. The maximum atomic E-state index is 13.6. The van der Waals surface area contributed by atoms with Crippen molar-refractivity contribution in [2.45, 2.75) is 13.3 Å². The van der Waals surface area contributed by atoms with Crippen molar-refractivity contribution in [1.82, 2.24) is 0 Å². The molecule has 0 fully saturated rings. The summed E-state index contributed by atoms with van der Waals surface area (Å²) < 4.78 is 24.3. The molecule has 0 radical (unpaired) electrons. The van der Waals surface area contributed by atoms with Gasteiger partial charge in [0.05, 0.1) is 0 Å². The fraction of sp³-hybridized carbons (Fsp3) is 0.167. The van der Waals surface area contributed by atoms with Crippen molar-refractivity contribution in [3.8, 4) is 0 Å². The zero-order valence-electron chi connectivity index (χ0n) is 8.88. The van der Waals surface area contributed by atoms with Gasteiger partial charge >= 0.3 is 109 Å². The van der Waals surface area contributed by atoms with Crippen molar-refractivity contribution in [3.05, 3.63) is 39.2 Å². The summed E-state index contributed by atoms with van der Waals surface area (Å²) in [5, 5.41) is 0. The van der Waals surface area contributed by atoms with Crippen LogP contribution < -0.4 is 0 Å². The number of halogens is 3. The van der Waals surface area contributed by atoms with Gasteiger partial charge in [0, 0.05) is 0 Å². The van der Waals surface area contributed by atoms with Gasteiger partial charge in [-0.05, 0) is 0 Å². The molecule has 86 valence electrons. The monoisotopic (exact) mass is 443 g/mol. The van der Waals surface area contributed by atoms with Gasteiger partial charge in [-0.15, -0.1) is 0 Å². The molecule has 1 nitrogen and oxygen atoms in total. The summed E-state index contributed by atoms with van der Waals surface area (Å²) in [6.07, 6.45) is 2.55.